The first-order valence-electron chi connectivity index (χ1n) is 5.58. The lowest BCUT2D eigenvalue weighted by molar-refractivity contribution is -0.137. The summed E-state index contributed by atoms with van der Waals surface area (Å²) in [6, 6.07) is 5.32. The van der Waals surface area contributed by atoms with E-state index in [-0.39, 0.29) is 5.97 Å². The molecule has 0 bridgehead atoms. The summed E-state index contributed by atoms with van der Waals surface area (Å²) in [4.78, 5) is 11.0. The Morgan fingerprint density at radius 2 is 2.28 bits per heavy atom. The molecule has 4 nitrogen and oxygen atoms in total. The van der Waals surface area contributed by atoms with Crippen LogP contribution in [0.2, 0.25) is 5.02 Å². The number of ether oxygens (including phenoxy) is 2. The highest BCUT2D eigenvalue weighted by atomic mass is 35.5. The number of hydrogen-bond acceptors (Lipinski definition) is 4. The molecule has 0 aliphatic heterocycles. The van der Waals surface area contributed by atoms with Gasteiger partial charge < -0.3 is 14.8 Å². The maximum atomic E-state index is 11.0. The number of nitrogens with one attached hydrogen (secondary N) is 1. The normalized spacial score (nSPS) is 10.4. The number of esters is 1. The molecule has 18 heavy (non-hydrogen) atoms. The first-order chi connectivity index (χ1) is 8.67. The van der Waals surface area contributed by atoms with Gasteiger partial charge in [0.15, 0.2) is 0 Å². The standard InChI is InChI=1S/C13H16ClNO3/c1-3-18-13(16)5-4-8-15-12-9-10(17-2)6-7-11(12)14/h4-7,9,15H,3,8H2,1-2H3/b5-4+. The van der Waals surface area contributed by atoms with E-state index in [2.05, 4.69) is 5.32 Å². The van der Waals surface area contributed by atoms with E-state index in [4.69, 9.17) is 21.1 Å². The lowest BCUT2D eigenvalue weighted by Crippen LogP contribution is -2.03. The number of rotatable bonds is 6. The van der Waals surface area contributed by atoms with Crippen molar-refractivity contribution >= 4 is 23.3 Å². The summed E-state index contributed by atoms with van der Waals surface area (Å²) < 4.78 is 9.85. The highest BCUT2D eigenvalue weighted by molar-refractivity contribution is 6.33. The second kappa shape index (κ2) is 7.61. The first kappa shape index (κ1) is 14.4. The monoisotopic (exact) mass is 269 g/mol. The van der Waals surface area contributed by atoms with Gasteiger partial charge in [-0.25, -0.2) is 4.79 Å². The zero-order valence-corrected chi connectivity index (χ0v) is 11.2. The fraction of sp³-hybridized carbons (Fsp3) is 0.308. The number of methoxy groups -OCH3 is 1. The van der Waals surface area contributed by atoms with Crippen LogP contribution in [-0.2, 0) is 9.53 Å². The van der Waals surface area contributed by atoms with Gasteiger partial charge in [0.05, 0.1) is 24.4 Å². The Bertz CT molecular complexity index is 432. The van der Waals surface area contributed by atoms with Crippen LogP contribution in [0.1, 0.15) is 6.92 Å². The average molecular weight is 270 g/mol. The summed E-state index contributed by atoms with van der Waals surface area (Å²) in [5, 5.41) is 3.68. The molecule has 1 aromatic carbocycles. The third-order valence-corrected chi connectivity index (χ3v) is 2.45. The fourth-order valence-corrected chi connectivity index (χ4v) is 1.47. The van der Waals surface area contributed by atoms with Gasteiger partial charge in [-0.15, -0.1) is 0 Å². The minimum absolute atomic E-state index is 0.351. The molecule has 0 aromatic heterocycles. The first-order valence-corrected chi connectivity index (χ1v) is 5.96. The van der Waals surface area contributed by atoms with Crippen molar-refractivity contribution in [1.82, 2.24) is 0 Å². The molecule has 0 fully saturated rings. The van der Waals surface area contributed by atoms with Crippen LogP contribution in [0.25, 0.3) is 0 Å². The minimum Gasteiger partial charge on any atom is -0.497 e. The lowest BCUT2D eigenvalue weighted by atomic mass is 10.3. The molecule has 0 spiro atoms. The van der Waals surface area contributed by atoms with Crippen molar-refractivity contribution in [2.45, 2.75) is 6.92 Å². The van der Waals surface area contributed by atoms with Crippen LogP contribution in [-0.4, -0.2) is 26.2 Å². The van der Waals surface area contributed by atoms with Crippen molar-refractivity contribution in [2.24, 2.45) is 0 Å². The van der Waals surface area contributed by atoms with Crippen molar-refractivity contribution in [3.05, 3.63) is 35.4 Å². The maximum absolute atomic E-state index is 11.0. The van der Waals surface area contributed by atoms with Crippen molar-refractivity contribution in [3.8, 4) is 5.75 Å². The lowest BCUT2D eigenvalue weighted by Gasteiger charge is -2.08. The molecule has 98 valence electrons. The van der Waals surface area contributed by atoms with E-state index in [1.165, 1.54) is 6.08 Å². The zero-order valence-electron chi connectivity index (χ0n) is 10.4. The smallest absolute Gasteiger partial charge is 0.330 e. The van der Waals surface area contributed by atoms with Crippen LogP contribution in [0.5, 0.6) is 5.75 Å². The Morgan fingerprint density at radius 3 is 2.94 bits per heavy atom. The number of carbonyl (C=O) groups excluding carboxylic acids is 1. The molecule has 1 N–H and O–H groups in total. The van der Waals surface area contributed by atoms with E-state index < -0.39 is 0 Å². The van der Waals surface area contributed by atoms with Crippen LogP contribution < -0.4 is 10.1 Å². The average Bonchev–Trinajstić information content (AvgIpc) is 2.37. The molecule has 0 radical (unpaired) electrons. The van der Waals surface area contributed by atoms with E-state index in [1.807, 2.05) is 0 Å². The molecule has 0 saturated carbocycles. The van der Waals surface area contributed by atoms with E-state index in [0.29, 0.717) is 18.2 Å². The zero-order chi connectivity index (χ0) is 13.4. The van der Waals surface area contributed by atoms with E-state index in [9.17, 15) is 4.79 Å². The second-order valence-corrected chi connectivity index (χ2v) is 3.79. The molecule has 0 heterocycles. The van der Waals surface area contributed by atoms with Crippen LogP contribution in [0.3, 0.4) is 0 Å². The van der Waals surface area contributed by atoms with Crippen molar-refractivity contribution in [3.63, 3.8) is 0 Å². The van der Waals surface area contributed by atoms with Gasteiger partial charge >= 0.3 is 5.97 Å². The highest BCUT2D eigenvalue weighted by Crippen LogP contribution is 2.26. The van der Waals surface area contributed by atoms with Crippen molar-refractivity contribution in [2.75, 3.05) is 25.6 Å². The largest absolute Gasteiger partial charge is 0.497 e. The van der Waals surface area contributed by atoms with E-state index in [1.54, 1.807) is 38.3 Å². The summed E-state index contributed by atoms with van der Waals surface area (Å²) >= 11 is 6.01. The molecule has 1 aromatic rings. The third-order valence-electron chi connectivity index (χ3n) is 2.12. The molecule has 0 atom stereocenters. The fourth-order valence-electron chi connectivity index (χ4n) is 1.28. The summed E-state index contributed by atoms with van der Waals surface area (Å²) in [7, 11) is 1.59. The number of benzene rings is 1. The van der Waals surface area contributed by atoms with E-state index >= 15 is 0 Å². The van der Waals surface area contributed by atoms with Gasteiger partial charge in [0.1, 0.15) is 5.75 Å². The summed E-state index contributed by atoms with van der Waals surface area (Å²) in [6.07, 6.45) is 3.05. The van der Waals surface area contributed by atoms with Crippen LogP contribution in [0.4, 0.5) is 5.69 Å². The van der Waals surface area contributed by atoms with Crippen LogP contribution in [0.15, 0.2) is 30.4 Å². The molecule has 0 saturated heterocycles. The summed E-state index contributed by atoms with van der Waals surface area (Å²) in [5.74, 6) is 0.368. The Balaban J connectivity index is 2.50. The van der Waals surface area contributed by atoms with Crippen molar-refractivity contribution < 1.29 is 14.3 Å². The van der Waals surface area contributed by atoms with Gasteiger partial charge in [-0.3, -0.25) is 0 Å². The Hall–Kier alpha value is -1.68. The molecule has 0 aliphatic rings. The predicted molar refractivity (Wildman–Crippen MR) is 72.3 cm³/mol. The SMILES string of the molecule is CCOC(=O)/C=C/CNc1cc(OC)ccc1Cl. The Labute approximate surface area is 112 Å². The third kappa shape index (κ3) is 4.67. The quantitative estimate of drug-likeness (QED) is 0.637. The minimum atomic E-state index is -0.351. The topological polar surface area (TPSA) is 47.6 Å². The van der Waals surface area contributed by atoms with Gasteiger partial charge in [0.2, 0.25) is 0 Å². The summed E-state index contributed by atoms with van der Waals surface area (Å²) in [5.41, 5.74) is 0.754. The number of carbonyl (C=O) groups is 1. The van der Waals surface area contributed by atoms with Gasteiger partial charge in [0.25, 0.3) is 0 Å². The van der Waals surface area contributed by atoms with Crippen molar-refractivity contribution in [1.29, 1.82) is 0 Å². The molecule has 0 unspecified atom stereocenters. The Morgan fingerprint density at radius 1 is 1.50 bits per heavy atom. The molecule has 5 heteroatoms. The number of halogens is 1. The summed E-state index contributed by atoms with van der Waals surface area (Å²) in [6.45, 7) is 2.62. The van der Waals surface area contributed by atoms with Gasteiger partial charge in [-0.1, -0.05) is 17.7 Å². The van der Waals surface area contributed by atoms with E-state index in [0.717, 1.165) is 11.4 Å². The molecule has 1 rings (SSSR count). The maximum Gasteiger partial charge on any atom is 0.330 e. The van der Waals surface area contributed by atoms with Crippen LogP contribution >= 0.6 is 11.6 Å². The predicted octanol–water partition coefficient (Wildman–Crippen LogP) is 2.88. The number of hydrogen-bond donors (Lipinski definition) is 1. The molecule has 0 amide bonds. The number of anilines is 1. The highest BCUT2D eigenvalue weighted by Gasteiger charge is 2.01. The second-order valence-electron chi connectivity index (χ2n) is 3.38. The molecular formula is C13H16ClNO3. The van der Waals surface area contributed by atoms with Gasteiger partial charge in [0, 0.05) is 18.7 Å². The molecular weight excluding hydrogens is 254 g/mol. The van der Waals surface area contributed by atoms with Gasteiger partial charge in [-0.2, -0.15) is 0 Å². The van der Waals surface area contributed by atoms with Gasteiger partial charge in [-0.05, 0) is 19.1 Å². The Kier molecular flexibility index (Phi) is 6.08. The molecule has 0 aliphatic carbocycles. The van der Waals surface area contributed by atoms with Crippen LogP contribution in [0, 0.1) is 0 Å².